The van der Waals surface area contributed by atoms with Gasteiger partial charge in [0.1, 0.15) is 17.6 Å². The predicted octanol–water partition coefficient (Wildman–Crippen LogP) is -1.19. The number of hydrogen-bond acceptors (Lipinski definition) is 7. The highest BCUT2D eigenvalue weighted by Gasteiger charge is 2.56. The van der Waals surface area contributed by atoms with Crippen LogP contribution in [0.3, 0.4) is 0 Å². The molecule has 1 aliphatic heterocycles. The molecule has 2 aromatic heterocycles. The number of aromatic amines is 1. The van der Waals surface area contributed by atoms with Crippen LogP contribution in [0.1, 0.15) is 20.1 Å². The van der Waals surface area contributed by atoms with E-state index in [1.54, 1.807) is 0 Å². The third kappa shape index (κ3) is 2.49. The molecule has 2 aromatic rings. The van der Waals surface area contributed by atoms with E-state index in [0.717, 1.165) is 10.8 Å². The number of ether oxygens (including phenoxy) is 1. The van der Waals surface area contributed by atoms with Crippen LogP contribution in [0.2, 0.25) is 0 Å². The quantitative estimate of drug-likeness (QED) is 0.426. The lowest BCUT2D eigenvalue weighted by Gasteiger charge is -2.28. The van der Waals surface area contributed by atoms with E-state index in [-0.39, 0.29) is 17.0 Å². The van der Waals surface area contributed by atoms with Crippen molar-refractivity contribution in [2.75, 3.05) is 5.73 Å². The van der Waals surface area contributed by atoms with Gasteiger partial charge in [-0.25, -0.2) is 4.39 Å². The molecule has 1 unspecified atom stereocenters. The standard InChI is InChI=1S/C15H18FN5O4/c1-3-4-15(18)10(23)9(6(2)22)25-13(15)21-5-7(16)8-11(21)19-14(17)20-12(8)24/h5-6,9-10,13,22-23H,18H2,1-2H3,(H3,17,19,20,24)/t6-,9-,10?,13-,15-/m1/s1. The zero-order valence-electron chi connectivity index (χ0n) is 13.5. The largest absolute Gasteiger partial charge is 0.391 e. The molecule has 1 fully saturated rings. The van der Waals surface area contributed by atoms with Crippen molar-refractivity contribution in [1.29, 1.82) is 0 Å². The minimum Gasteiger partial charge on any atom is -0.391 e. The van der Waals surface area contributed by atoms with Crippen molar-refractivity contribution in [3.63, 3.8) is 0 Å². The summed E-state index contributed by atoms with van der Waals surface area (Å²) in [5.74, 6) is 4.19. The molecule has 3 heterocycles. The molecular formula is C15H18FN5O4. The number of nitrogen functional groups attached to an aromatic ring is 1. The molecule has 9 nitrogen and oxygen atoms in total. The molecule has 0 bridgehead atoms. The molecule has 1 saturated heterocycles. The number of hydrogen-bond donors (Lipinski definition) is 5. The van der Waals surface area contributed by atoms with E-state index in [2.05, 4.69) is 21.8 Å². The second-order valence-corrected chi connectivity index (χ2v) is 5.98. The van der Waals surface area contributed by atoms with Crippen LogP contribution in [0.25, 0.3) is 11.0 Å². The number of nitrogens with zero attached hydrogens (tertiary/aromatic N) is 2. The average molecular weight is 351 g/mol. The predicted molar refractivity (Wildman–Crippen MR) is 86.7 cm³/mol. The summed E-state index contributed by atoms with van der Waals surface area (Å²) in [7, 11) is 0. The number of aliphatic hydroxyl groups is 2. The maximum atomic E-state index is 14.3. The van der Waals surface area contributed by atoms with Crippen LogP contribution in [-0.2, 0) is 4.74 Å². The Balaban J connectivity index is 2.25. The Hall–Kier alpha value is -2.45. The van der Waals surface area contributed by atoms with E-state index < -0.39 is 41.5 Å². The molecule has 0 aliphatic carbocycles. The van der Waals surface area contributed by atoms with Gasteiger partial charge in [0.2, 0.25) is 5.95 Å². The van der Waals surface area contributed by atoms with Gasteiger partial charge in [-0.3, -0.25) is 14.3 Å². The van der Waals surface area contributed by atoms with E-state index in [9.17, 15) is 19.4 Å². The van der Waals surface area contributed by atoms with Gasteiger partial charge in [-0.1, -0.05) is 5.92 Å². The zero-order chi connectivity index (χ0) is 18.5. The van der Waals surface area contributed by atoms with Crippen molar-refractivity contribution in [2.24, 2.45) is 5.73 Å². The van der Waals surface area contributed by atoms with Crippen molar-refractivity contribution >= 4 is 17.0 Å². The fourth-order valence-electron chi connectivity index (χ4n) is 3.09. The van der Waals surface area contributed by atoms with Gasteiger partial charge in [0.25, 0.3) is 5.56 Å². The van der Waals surface area contributed by atoms with Crippen LogP contribution in [-0.4, -0.2) is 48.6 Å². The number of rotatable bonds is 2. The van der Waals surface area contributed by atoms with E-state index in [4.69, 9.17) is 16.2 Å². The van der Waals surface area contributed by atoms with Crippen molar-refractivity contribution in [1.82, 2.24) is 14.5 Å². The Morgan fingerprint density at radius 1 is 1.60 bits per heavy atom. The Bertz CT molecular complexity index is 943. The van der Waals surface area contributed by atoms with Gasteiger partial charge in [0, 0.05) is 6.20 Å². The summed E-state index contributed by atoms with van der Waals surface area (Å²) in [6.45, 7) is 2.94. The van der Waals surface area contributed by atoms with Gasteiger partial charge in [0.15, 0.2) is 23.2 Å². The first-order valence-corrected chi connectivity index (χ1v) is 7.51. The summed E-state index contributed by atoms with van der Waals surface area (Å²) in [6, 6.07) is 0. The van der Waals surface area contributed by atoms with Gasteiger partial charge >= 0.3 is 0 Å². The molecule has 7 N–H and O–H groups in total. The van der Waals surface area contributed by atoms with E-state index in [1.165, 1.54) is 13.8 Å². The number of anilines is 1. The molecule has 0 saturated carbocycles. The van der Waals surface area contributed by atoms with E-state index in [0.29, 0.717) is 0 Å². The SMILES string of the molecule is CC#C[C@@]1(N)C(O)[C@@H]([C@@H](C)O)O[C@H]1n1cc(F)c2c(=O)[nH]c(N)nc21. The minimum atomic E-state index is -1.66. The molecule has 1 aliphatic rings. The van der Waals surface area contributed by atoms with Crippen LogP contribution in [0, 0.1) is 17.7 Å². The van der Waals surface area contributed by atoms with Crippen LogP contribution in [0.5, 0.6) is 0 Å². The number of aliphatic hydroxyl groups excluding tert-OH is 2. The van der Waals surface area contributed by atoms with Crippen molar-refractivity contribution in [2.45, 2.75) is 43.9 Å². The number of halogens is 1. The van der Waals surface area contributed by atoms with E-state index in [1.807, 2.05) is 0 Å². The highest BCUT2D eigenvalue weighted by molar-refractivity contribution is 5.77. The Labute approximate surface area is 141 Å². The lowest BCUT2D eigenvalue weighted by atomic mass is 9.90. The highest BCUT2D eigenvalue weighted by Crippen LogP contribution is 2.39. The molecule has 10 heteroatoms. The zero-order valence-corrected chi connectivity index (χ0v) is 13.5. The first-order chi connectivity index (χ1) is 11.7. The second kappa shape index (κ2) is 5.82. The van der Waals surface area contributed by atoms with Gasteiger partial charge in [0.05, 0.1) is 6.10 Å². The summed E-state index contributed by atoms with van der Waals surface area (Å²) in [4.78, 5) is 18.1. The summed E-state index contributed by atoms with van der Waals surface area (Å²) in [5.41, 5.74) is 9.27. The van der Waals surface area contributed by atoms with Gasteiger partial charge in [-0.05, 0) is 13.8 Å². The topological polar surface area (TPSA) is 152 Å². The molecule has 0 amide bonds. The smallest absolute Gasteiger partial charge is 0.264 e. The summed E-state index contributed by atoms with van der Waals surface area (Å²) < 4.78 is 21.1. The second-order valence-electron chi connectivity index (χ2n) is 5.98. The normalized spacial score (nSPS) is 30.2. The average Bonchev–Trinajstić information content (AvgIpc) is 2.96. The van der Waals surface area contributed by atoms with Gasteiger partial charge in [-0.2, -0.15) is 4.98 Å². The number of nitrogens with two attached hydrogens (primary N) is 2. The molecule has 0 aromatic carbocycles. The Morgan fingerprint density at radius 3 is 2.88 bits per heavy atom. The molecule has 5 atom stereocenters. The van der Waals surface area contributed by atoms with Crippen molar-refractivity contribution in [3.8, 4) is 11.8 Å². The summed E-state index contributed by atoms with van der Waals surface area (Å²) >= 11 is 0. The van der Waals surface area contributed by atoms with Crippen LogP contribution >= 0.6 is 0 Å². The number of aromatic nitrogens is 3. The molecular weight excluding hydrogens is 333 g/mol. The maximum Gasteiger partial charge on any atom is 0.264 e. The van der Waals surface area contributed by atoms with Gasteiger partial charge in [-0.15, -0.1) is 5.92 Å². The summed E-state index contributed by atoms with van der Waals surface area (Å²) in [6.07, 6.45) is -3.70. The third-order valence-electron chi connectivity index (χ3n) is 4.22. The lowest BCUT2D eigenvalue weighted by molar-refractivity contribution is -0.0756. The lowest BCUT2D eigenvalue weighted by Crippen LogP contribution is -2.54. The van der Waals surface area contributed by atoms with Crippen molar-refractivity contribution in [3.05, 3.63) is 22.4 Å². The fraction of sp³-hybridized carbons (Fsp3) is 0.467. The van der Waals surface area contributed by atoms with Crippen LogP contribution in [0.4, 0.5) is 10.3 Å². The van der Waals surface area contributed by atoms with Crippen LogP contribution < -0.4 is 17.0 Å². The monoisotopic (exact) mass is 351 g/mol. The number of nitrogens with one attached hydrogen (secondary N) is 1. The maximum absolute atomic E-state index is 14.3. The van der Waals surface area contributed by atoms with E-state index >= 15 is 0 Å². The first-order valence-electron chi connectivity index (χ1n) is 7.51. The third-order valence-corrected chi connectivity index (χ3v) is 4.22. The molecule has 25 heavy (non-hydrogen) atoms. The minimum absolute atomic E-state index is 0.102. The molecule has 0 spiro atoms. The number of fused-ring (bicyclic) bond motifs is 1. The van der Waals surface area contributed by atoms with Gasteiger partial charge < -0.3 is 26.4 Å². The van der Waals surface area contributed by atoms with Crippen LogP contribution in [0.15, 0.2) is 11.0 Å². The number of H-pyrrole nitrogens is 1. The first kappa shape index (κ1) is 17.4. The molecule has 0 radical (unpaired) electrons. The Morgan fingerprint density at radius 2 is 2.28 bits per heavy atom. The Kier molecular flexibility index (Phi) is 4.04. The molecule has 3 rings (SSSR count). The van der Waals surface area contributed by atoms with Crippen molar-refractivity contribution < 1.29 is 19.3 Å². The molecule has 134 valence electrons. The highest BCUT2D eigenvalue weighted by atomic mass is 19.1. The fourth-order valence-corrected chi connectivity index (χ4v) is 3.09. The summed E-state index contributed by atoms with van der Waals surface area (Å²) in [5, 5.41) is 20.0.